The van der Waals surface area contributed by atoms with Gasteiger partial charge in [0.2, 0.25) is 0 Å². The van der Waals surface area contributed by atoms with E-state index >= 15 is 0 Å². The molecule has 3 aromatic rings. The molecule has 0 saturated carbocycles. The number of hydrogen-bond acceptors (Lipinski definition) is 3. The van der Waals surface area contributed by atoms with Gasteiger partial charge in [0.25, 0.3) is 0 Å². The molecule has 1 aliphatic rings. The maximum Gasteiger partial charge on any atom is 0.336 e. The summed E-state index contributed by atoms with van der Waals surface area (Å²) in [5, 5.41) is 3.40. The Hall–Kier alpha value is -2.47. The first-order chi connectivity index (χ1) is 14.7. The second kappa shape index (κ2) is 9.56. The summed E-state index contributed by atoms with van der Waals surface area (Å²) in [5.74, 6) is 0. The molecule has 3 N–H and O–H groups in total. The molecule has 2 heterocycles. The fourth-order valence-corrected chi connectivity index (χ4v) is 4.63. The number of hydrogen-bond donors (Lipinski definition) is 2. The fraction of sp³-hybridized carbons (Fsp3) is 0.400. The van der Waals surface area contributed by atoms with Crippen LogP contribution in [0.3, 0.4) is 0 Å². The number of morpholine rings is 1. The number of quaternary nitrogens is 2. The molecule has 2 aromatic carbocycles. The van der Waals surface area contributed by atoms with Crippen molar-refractivity contribution in [3.63, 3.8) is 0 Å². The lowest BCUT2D eigenvalue weighted by atomic mass is 9.97. The molecule has 2 atom stereocenters. The normalized spacial score (nSPS) is 17.1. The highest BCUT2D eigenvalue weighted by Crippen LogP contribution is 2.19. The lowest BCUT2D eigenvalue weighted by molar-refractivity contribution is -0.959. The van der Waals surface area contributed by atoms with Gasteiger partial charge in [-0.15, -0.1) is 0 Å². The van der Waals surface area contributed by atoms with Crippen molar-refractivity contribution in [2.45, 2.75) is 38.9 Å². The molecular formula is C25H32N2O3+2. The second-order valence-corrected chi connectivity index (χ2v) is 8.23. The van der Waals surface area contributed by atoms with E-state index in [0.717, 1.165) is 50.2 Å². The van der Waals surface area contributed by atoms with Crippen molar-refractivity contribution in [3.05, 3.63) is 81.7 Å². The molecule has 0 amide bonds. The Kier molecular flexibility index (Phi) is 6.62. The minimum Gasteiger partial charge on any atom is -0.423 e. The molecule has 5 nitrogen and oxygen atoms in total. The Morgan fingerprint density at radius 1 is 1.07 bits per heavy atom. The largest absolute Gasteiger partial charge is 0.423 e. The SMILES string of the molecule is CCc1ccc2c(C[NH2+][C@@H](C)[C@@H](c3ccccc3)[NH+]3CCOCC3)cc(=O)oc2c1. The number of nitrogens with one attached hydrogen (secondary N) is 1. The van der Waals surface area contributed by atoms with E-state index in [1.54, 1.807) is 11.0 Å². The van der Waals surface area contributed by atoms with Crippen LogP contribution in [0, 0.1) is 0 Å². The van der Waals surface area contributed by atoms with Gasteiger partial charge >= 0.3 is 5.63 Å². The first kappa shape index (κ1) is 20.8. The fourth-order valence-electron chi connectivity index (χ4n) is 4.63. The number of aryl methyl sites for hydroxylation is 1. The number of fused-ring (bicyclic) bond motifs is 1. The zero-order valence-corrected chi connectivity index (χ0v) is 17.9. The Labute approximate surface area is 177 Å². The van der Waals surface area contributed by atoms with Crippen molar-refractivity contribution in [2.24, 2.45) is 0 Å². The van der Waals surface area contributed by atoms with Crippen molar-refractivity contribution in [3.8, 4) is 0 Å². The first-order valence-electron chi connectivity index (χ1n) is 11.0. The van der Waals surface area contributed by atoms with Crippen molar-refractivity contribution < 1.29 is 19.4 Å². The molecule has 1 aliphatic heterocycles. The Morgan fingerprint density at radius 3 is 2.57 bits per heavy atom. The van der Waals surface area contributed by atoms with Crippen LogP contribution in [0.4, 0.5) is 0 Å². The summed E-state index contributed by atoms with van der Waals surface area (Å²) in [6.07, 6.45) is 0.925. The molecule has 0 aliphatic carbocycles. The highest BCUT2D eigenvalue weighted by Gasteiger charge is 2.33. The van der Waals surface area contributed by atoms with Gasteiger partial charge in [-0.05, 0) is 25.0 Å². The molecule has 0 radical (unpaired) electrons. The lowest BCUT2D eigenvalue weighted by Gasteiger charge is -2.34. The monoisotopic (exact) mass is 408 g/mol. The van der Waals surface area contributed by atoms with Crippen molar-refractivity contribution in [1.29, 1.82) is 0 Å². The Morgan fingerprint density at radius 2 is 1.83 bits per heavy atom. The summed E-state index contributed by atoms with van der Waals surface area (Å²) in [6, 6.07) is 19.4. The molecule has 1 saturated heterocycles. The quantitative estimate of drug-likeness (QED) is 0.582. The van der Waals surface area contributed by atoms with Crippen LogP contribution in [0.25, 0.3) is 11.0 Å². The molecule has 0 spiro atoms. The van der Waals surface area contributed by atoms with Gasteiger partial charge in [-0.3, -0.25) is 0 Å². The van der Waals surface area contributed by atoms with Gasteiger partial charge in [0.15, 0.2) is 6.04 Å². The summed E-state index contributed by atoms with van der Waals surface area (Å²) in [7, 11) is 0. The van der Waals surface area contributed by atoms with E-state index in [0.29, 0.717) is 17.7 Å². The average Bonchev–Trinajstić information content (AvgIpc) is 2.78. The van der Waals surface area contributed by atoms with Crippen LogP contribution in [-0.2, 0) is 17.7 Å². The summed E-state index contributed by atoms with van der Waals surface area (Å²) in [4.78, 5) is 13.7. The van der Waals surface area contributed by atoms with Gasteiger partial charge in [0.1, 0.15) is 31.3 Å². The smallest absolute Gasteiger partial charge is 0.336 e. The maximum absolute atomic E-state index is 12.2. The Bertz CT molecular complexity index is 1030. The van der Waals surface area contributed by atoms with Gasteiger partial charge < -0.3 is 19.4 Å². The van der Waals surface area contributed by atoms with Gasteiger partial charge in [0.05, 0.1) is 13.2 Å². The van der Waals surface area contributed by atoms with E-state index in [1.807, 2.05) is 6.07 Å². The van der Waals surface area contributed by atoms with Gasteiger partial charge in [0, 0.05) is 22.6 Å². The van der Waals surface area contributed by atoms with Crippen molar-refractivity contribution in [2.75, 3.05) is 26.3 Å². The van der Waals surface area contributed by atoms with E-state index in [2.05, 4.69) is 61.6 Å². The first-order valence-corrected chi connectivity index (χ1v) is 11.0. The van der Waals surface area contributed by atoms with Gasteiger partial charge in [-0.2, -0.15) is 0 Å². The lowest BCUT2D eigenvalue weighted by Crippen LogP contribution is -3.17. The third kappa shape index (κ3) is 4.64. The summed E-state index contributed by atoms with van der Waals surface area (Å²) in [6.45, 7) is 8.83. The van der Waals surface area contributed by atoms with Crippen LogP contribution in [0.2, 0.25) is 0 Å². The molecule has 0 bridgehead atoms. The van der Waals surface area contributed by atoms with Crippen molar-refractivity contribution >= 4 is 11.0 Å². The summed E-state index contributed by atoms with van der Waals surface area (Å²) >= 11 is 0. The predicted molar refractivity (Wildman–Crippen MR) is 118 cm³/mol. The van der Waals surface area contributed by atoms with Crippen LogP contribution in [-0.4, -0.2) is 32.3 Å². The van der Waals surface area contributed by atoms with Gasteiger partial charge in [-0.25, -0.2) is 4.79 Å². The van der Waals surface area contributed by atoms with E-state index < -0.39 is 0 Å². The van der Waals surface area contributed by atoms with E-state index in [9.17, 15) is 4.79 Å². The molecule has 0 unspecified atom stereocenters. The standard InChI is InChI=1S/C25H30N2O3/c1-3-19-9-10-22-21(16-24(28)30-23(22)15-19)17-26-18(2)25(20-7-5-4-6-8-20)27-11-13-29-14-12-27/h4-10,15-16,18,25-26H,3,11-14,17H2,1-2H3/p+2/t18-,25-/m0/s1. The topological polar surface area (TPSA) is 60.5 Å². The molecule has 1 aromatic heterocycles. The zero-order valence-electron chi connectivity index (χ0n) is 17.9. The number of benzene rings is 2. The predicted octanol–water partition coefficient (Wildman–Crippen LogP) is 1.46. The highest BCUT2D eigenvalue weighted by molar-refractivity contribution is 5.80. The third-order valence-corrected chi connectivity index (χ3v) is 6.27. The minimum absolute atomic E-state index is 0.273. The van der Waals surface area contributed by atoms with Crippen LogP contribution in [0.5, 0.6) is 0 Å². The van der Waals surface area contributed by atoms with Crippen LogP contribution >= 0.6 is 0 Å². The van der Waals surface area contributed by atoms with E-state index in [1.165, 1.54) is 11.1 Å². The number of nitrogens with two attached hydrogens (primary N) is 1. The molecule has 4 rings (SSSR count). The molecule has 158 valence electrons. The van der Waals surface area contributed by atoms with Crippen molar-refractivity contribution in [1.82, 2.24) is 0 Å². The van der Waals surface area contributed by atoms with Crippen LogP contribution in [0.15, 0.2) is 63.8 Å². The molecule has 5 heteroatoms. The molecular weight excluding hydrogens is 376 g/mol. The van der Waals surface area contributed by atoms with Crippen LogP contribution < -0.4 is 15.8 Å². The Balaban J connectivity index is 1.57. The maximum atomic E-state index is 12.2. The summed E-state index contributed by atoms with van der Waals surface area (Å²) in [5.41, 5.74) is 4.00. The van der Waals surface area contributed by atoms with Crippen LogP contribution in [0.1, 0.15) is 36.6 Å². The average molecular weight is 409 g/mol. The number of ether oxygens (including phenoxy) is 1. The van der Waals surface area contributed by atoms with E-state index in [4.69, 9.17) is 9.15 Å². The summed E-state index contributed by atoms with van der Waals surface area (Å²) < 4.78 is 11.1. The van der Waals surface area contributed by atoms with Gasteiger partial charge in [-0.1, -0.05) is 49.4 Å². The molecule has 1 fully saturated rings. The minimum atomic E-state index is -0.273. The molecule has 30 heavy (non-hydrogen) atoms. The number of rotatable bonds is 7. The zero-order chi connectivity index (χ0) is 20.9. The third-order valence-electron chi connectivity index (χ3n) is 6.27. The second-order valence-electron chi connectivity index (χ2n) is 8.23. The highest BCUT2D eigenvalue weighted by atomic mass is 16.5. The van der Waals surface area contributed by atoms with E-state index in [-0.39, 0.29) is 5.63 Å².